The summed E-state index contributed by atoms with van der Waals surface area (Å²) in [6.07, 6.45) is 1.43. The first-order valence-electron chi connectivity index (χ1n) is 7.61. The largest absolute Gasteiger partial charge is 0.493 e. The van der Waals surface area contributed by atoms with Crippen molar-refractivity contribution in [3.63, 3.8) is 0 Å². The number of halogens is 1. The van der Waals surface area contributed by atoms with Crippen molar-refractivity contribution in [1.29, 1.82) is 0 Å². The quantitative estimate of drug-likeness (QED) is 0.573. The number of nitrogens with one attached hydrogen (secondary N) is 2. The van der Waals surface area contributed by atoms with Gasteiger partial charge in [0.2, 0.25) is 0 Å². The lowest BCUT2D eigenvalue weighted by atomic mass is 10.2. The minimum absolute atomic E-state index is 0.229. The van der Waals surface area contributed by atoms with Crippen LogP contribution in [-0.4, -0.2) is 38.8 Å². The lowest BCUT2D eigenvalue weighted by Crippen LogP contribution is -2.34. The Labute approximate surface area is 155 Å². The highest BCUT2D eigenvalue weighted by molar-refractivity contribution is 6.33. The van der Waals surface area contributed by atoms with E-state index in [4.69, 9.17) is 21.1 Å². The van der Waals surface area contributed by atoms with E-state index < -0.39 is 11.8 Å². The Morgan fingerprint density at radius 3 is 2.54 bits per heavy atom. The van der Waals surface area contributed by atoms with Crippen LogP contribution in [0.15, 0.2) is 47.6 Å². The first-order chi connectivity index (χ1) is 12.5. The summed E-state index contributed by atoms with van der Waals surface area (Å²) >= 11 is 5.98. The van der Waals surface area contributed by atoms with Crippen LogP contribution in [0.25, 0.3) is 0 Å². The molecule has 2 aromatic carbocycles. The van der Waals surface area contributed by atoms with Gasteiger partial charge in [0.1, 0.15) is 0 Å². The number of carbonyl (C=O) groups excluding carboxylic acids is 2. The molecule has 0 aliphatic rings. The molecule has 26 heavy (non-hydrogen) atoms. The summed E-state index contributed by atoms with van der Waals surface area (Å²) in [5.74, 6) is 0.0444. The van der Waals surface area contributed by atoms with Crippen molar-refractivity contribution in [2.75, 3.05) is 20.8 Å². The van der Waals surface area contributed by atoms with Gasteiger partial charge in [0, 0.05) is 16.1 Å². The number of hydrogen-bond donors (Lipinski definition) is 2. The van der Waals surface area contributed by atoms with Crippen LogP contribution in [0.3, 0.4) is 0 Å². The second kappa shape index (κ2) is 9.43. The maximum atomic E-state index is 12.1. The van der Waals surface area contributed by atoms with Crippen LogP contribution in [0.4, 0.5) is 0 Å². The zero-order chi connectivity index (χ0) is 18.9. The zero-order valence-electron chi connectivity index (χ0n) is 14.3. The highest BCUT2D eigenvalue weighted by atomic mass is 35.5. The highest BCUT2D eigenvalue weighted by Gasteiger charge is 2.11. The Hall–Kier alpha value is -3.06. The number of rotatable bonds is 7. The molecule has 0 heterocycles. The van der Waals surface area contributed by atoms with Crippen LogP contribution in [0, 0.1) is 0 Å². The minimum Gasteiger partial charge on any atom is -0.493 e. The van der Waals surface area contributed by atoms with Crippen molar-refractivity contribution < 1.29 is 19.1 Å². The summed E-state index contributed by atoms with van der Waals surface area (Å²) in [6.45, 7) is -0.229. The number of nitrogens with zero attached hydrogens (tertiary/aromatic N) is 1. The van der Waals surface area contributed by atoms with Gasteiger partial charge in [-0.15, -0.1) is 0 Å². The van der Waals surface area contributed by atoms with Crippen LogP contribution < -0.4 is 20.2 Å². The molecule has 0 saturated heterocycles. The van der Waals surface area contributed by atoms with E-state index >= 15 is 0 Å². The molecular formula is C18H18ClN3O4. The van der Waals surface area contributed by atoms with E-state index in [0.29, 0.717) is 27.6 Å². The number of amides is 2. The van der Waals surface area contributed by atoms with Crippen molar-refractivity contribution in [1.82, 2.24) is 10.7 Å². The molecule has 0 aromatic heterocycles. The molecule has 0 fully saturated rings. The van der Waals surface area contributed by atoms with Gasteiger partial charge in [-0.2, -0.15) is 5.10 Å². The Bertz CT molecular complexity index is 824. The molecule has 0 saturated carbocycles. The minimum atomic E-state index is -0.470. The fourth-order valence-corrected chi connectivity index (χ4v) is 2.22. The van der Waals surface area contributed by atoms with Gasteiger partial charge in [0.25, 0.3) is 11.8 Å². The second-order valence-corrected chi connectivity index (χ2v) is 5.47. The average Bonchev–Trinajstić information content (AvgIpc) is 2.67. The Kier molecular flexibility index (Phi) is 6.99. The Morgan fingerprint density at radius 1 is 1.12 bits per heavy atom. The van der Waals surface area contributed by atoms with E-state index in [1.807, 2.05) is 0 Å². The fraction of sp³-hybridized carbons (Fsp3) is 0.167. The van der Waals surface area contributed by atoms with E-state index in [1.54, 1.807) is 36.4 Å². The predicted molar refractivity (Wildman–Crippen MR) is 99.1 cm³/mol. The normalized spacial score (nSPS) is 10.4. The molecule has 0 aliphatic carbocycles. The standard InChI is InChI=1S/C18H18ClN3O4/c1-25-15-8-7-12(9-16(15)26-2)18(24)20-11-17(23)22-21-10-13-5-3-4-6-14(13)19/h3-10H,11H2,1-2H3,(H,20,24)(H,22,23)/b21-10+. The molecule has 2 amide bonds. The van der Waals surface area contributed by atoms with Crippen LogP contribution in [0.1, 0.15) is 15.9 Å². The lowest BCUT2D eigenvalue weighted by Gasteiger charge is -2.09. The van der Waals surface area contributed by atoms with Gasteiger partial charge in [0.15, 0.2) is 11.5 Å². The summed E-state index contributed by atoms with van der Waals surface area (Å²) in [5.41, 5.74) is 3.33. The first kappa shape index (κ1) is 19.3. The monoisotopic (exact) mass is 375 g/mol. The molecule has 8 heteroatoms. The molecule has 0 radical (unpaired) electrons. The van der Waals surface area contributed by atoms with Crippen LogP contribution in [-0.2, 0) is 4.79 Å². The predicted octanol–water partition coefficient (Wildman–Crippen LogP) is 2.24. The van der Waals surface area contributed by atoms with Gasteiger partial charge in [-0.25, -0.2) is 5.43 Å². The Morgan fingerprint density at radius 2 is 1.85 bits per heavy atom. The summed E-state index contributed by atoms with van der Waals surface area (Å²) in [5, 5.41) is 6.83. The SMILES string of the molecule is COc1ccc(C(=O)NCC(=O)N/N=C/c2ccccc2Cl)cc1OC. The molecule has 2 aromatic rings. The molecule has 0 aliphatic heterocycles. The molecule has 7 nitrogen and oxygen atoms in total. The maximum Gasteiger partial charge on any atom is 0.259 e. The summed E-state index contributed by atoms with van der Waals surface area (Å²) < 4.78 is 10.3. The molecule has 0 atom stereocenters. The first-order valence-corrected chi connectivity index (χ1v) is 7.99. The number of carbonyl (C=O) groups is 2. The van der Waals surface area contributed by atoms with Gasteiger partial charge in [0.05, 0.1) is 27.0 Å². The number of methoxy groups -OCH3 is 2. The van der Waals surface area contributed by atoms with Gasteiger partial charge >= 0.3 is 0 Å². The highest BCUT2D eigenvalue weighted by Crippen LogP contribution is 2.27. The second-order valence-electron chi connectivity index (χ2n) is 5.07. The van der Waals surface area contributed by atoms with E-state index in [2.05, 4.69) is 15.8 Å². The van der Waals surface area contributed by atoms with Crippen LogP contribution >= 0.6 is 11.6 Å². The number of hydrazone groups is 1. The topological polar surface area (TPSA) is 89.0 Å². The molecule has 136 valence electrons. The molecular weight excluding hydrogens is 358 g/mol. The van der Waals surface area contributed by atoms with E-state index in [0.717, 1.165) is 0 Å². The van der Waals surface area contributed by atoms with Crippen molar-refractivity contribution in [2.24, 2.45) is 5.10 Å². The van der Waals surface area contributed by atoms with Gasteiger partial charge in [-0.1, -0.05) is 29.8 Å². The number of ether oxygens (including phenoxy) is 2. The third-order valence-corrected chi connectivity index (χ3v) is 3.70. The zero-order valence-corrected chi connectivity index (χ0v) is 15.0. The third kappa shape index (κ3) is 5.22. The summed E-state index contributed by atoms with van der Waals surface area (Å²) in [7, 11) is 2.98. The van der Waals surface area contributed by atoms with Crippen LogP contribution in [0.2, 0.25) is 5.02 Å². The lowest BCUT2D eigenvalue weighted by molar-refractivity contribution is -0.120. The van der Waals surface area contributed by atoms with E-state index in [-0.39, 0.29) is 6.54 Å². The van der Waals surface area contributed by atoms with Crippen molar-refractivity contribution >= 4 is 29.6 Å². The van der Waals surface area contributed by atoms with Gasteiger partial charge in [-0.3, -0.25) is 9.59 Å². The summed E-state index contributed by atoms with van der Waals surface area (Å²) in [4.78, 5) is 23.9. The third-order valence-electron chi connectivity index (χ3n) is 3.35. The van der Waals surface area contributed by atoms with Gasteiger partial charge < -0.3 is 14.8 Å². The van der Waals surface area contributed by atoms with Crippen LogP contribution in [0.5, 0.6) is 11.5 Å². The molecule has 0 bridgehead atoms. The molecule has 2 rings (SSSR count). The summed E-state index contributed by atoms with van der Waals surface area (Å²) in [6, 6.07) is 11.8. The molecule has 0 unspecified atom stereocenters. The fourth-order valence-electron chi connectivity index (χ4n) is 2.03. The number of hydrogen-bond acceptors (Lipinski definition) is 5. The average molecular weight is 376 g/mol. The maximum absolute atomic E-state index is 12.1. The van der Waals surface area contributed by atoms with E-state index in [1.165, 1.54) is 26.5 Å². The van der Waals surface area contributed by atoms with Gasteiger partial charge in [-0.05, 0) is 24.3 Å². The van der Waals surface area contributed by atoms with Crippen molar-refractivity contribution in [2.45, 2.75) is 0 Å². The van der Waals surface area contributed by atoms with Crippen molar-refractivity contribution in [3.05, 3.63) is 58.6 Å². The number of benzene rings is 2. The Balaban J connectivity index is 1.87. The smallest absolute Gasteiger partial charge is 0.259 e. The van der Waals surface area contributed by atoms with Crippen molar-refractivity contribution in [3.8, 4) is 11.5 Å². The molecule has 2 N–H and O–H groups in total. The molecule has 0 spiro atoms. The van der Waals surface area contributed by atoms with E-state index in [9.17, 15) is 9.59 Å².